The quantitative estimate of drug-likeness (QED) is 0.725. The molecule has 1 fully saturated rings. The fourth-order valence-corrected chi connectivity index (χ4v) is 4.39. The number of para-hydroxylation sites is 1. The Morgan fingerprint density at radius 2 is 2.19 bits per heavy atom. The molecule has 3 heterocycles. The molecule has 1 aliphatic heterocycles. The summed E-state index contributed by atoms with van der Waals surface area (Å²) in [6.07, 6.45) is 3.82. The van der Waals surface area contributed by atoms with Gasteiger partial charge in [-0.1, -0.05) is 35.6 Å². The van der Waals surface area contributed by atoms with Gasteiger partial charge in [0.25, 0.3) is 0 Å². The SMILES string of the molecule is [C-]#[N+]c1ccccc1Cn1c(=O)sc2nccc(N3CCC[C@@H](N)C3)c21. The number of benzene rings is 1. The van der Waals surface area contributed by atoms with Crippen molar-refractivity contribution in [3.8, 4) is 0 Å². The third-order valence-corrected chi connectivity index (χ3v) is 5.67. The highest BCUT2D eigenvalue weighted by molar-refractivity contribution is 7.16. The highest BCUT2D eigenvalue weighted by atomic mass is 32.1. The van der Waals surface area contributed by atoms with Crippen LogP contribution in [0.25, 0.3) is 15.2 Å². The lowest BCUT2D eigenvalue weighted by molar-refractivity contribution is 0.506. The van der Waals surface area contributed by atoms with Crippen molar-refractivity contribution in [2.45, 2.75) is 25.4 Å². The van der Waals surface area contributed by atoms with Crippen LogP contribution in [-0.4, -0.2) is 28.7 Å². The van der Waals surface area contributed by atoms with Crippen LogP contribution in [0.15, 0.2) is 41.3 Å². The number of rotatable bonds is 3. The van der Waals surface area contributed by atoms with Crippen molar-refractivity contribution in [1.29, 1.82) is 0 Å². The number of pyridine rings is 1. The summed E-state index contributed by atoms with van der Waals surface area (Å²) in [6.45, 7) is 9.44. The highest BCUT2D eigenvalue weighted by Gasteiger charge is 2.22. The number of aromatic nitrogens is 2. The second kappa shape index (κ2) is 6.90. The average molecular weight is 365 g/mol. The molecular formula is C19H19N5OS. The van der Waals surface area contributed by atoms with Crippen molar-refractivity contribution in [2.75, 3.05) is 18.0 Å². The molecule has 6 nitrogen and oxygen atoms in total. The summed E-state index contributed by atoms with van der Waals surface area (Å²) in [7, 11) is 0. The van der Waals surface area contributed by atoms with Crippen molar-refractivity contribution in [1.82, 2.24) is 9.55 Å². The Morgan fingerprint density at radius 3 is 3.00 bits per heavy atom. The Kier molecular flexibility index (Phi) is 4.45. The Hall–Kier alpha value is -2.69. The largest absolute Gasteiger partial charge is 0.368 e. The van der Waals surface area contributed by atoms with E-state index in [4.69, 9.17) is 12.3 Å². The van der Waals surface area contributed by atoms with Crippen molar-refractivity contribution in [2.24, 2.45) is 5.73 Å². The van der Waals surface area contributed by atoms with Gasteiger partial charge in [-0.25, -0.2) is 9.83 Å². The molecule has 0 bridgehead atoms. The van der Waals surface area contributed by atoms with Crippen molar-refractivity contribution in [3.63, 3.8) is 0 Å². The van der Waals surface area contributed by atoms with Gasteiger partial charge >= 0.3 is 4.87 Å². The lowest BCUT2D eigenvalue weighted by atomic mass is 10.1. The smallest absolute Gasteiger partial charge is 0.309 e. The van der Waals surface area contributed by atoms with Gasteiger partial charge in [-0.05, 0) is 24.5 Å². The van der Waals surface area contributed by atoms with E-state index in [0.29, 0.717) is 12.2 Å². The molecule has 26 heavy (non-hydrogen) atoms. The normalized spacial score (nSPS) is 17.4. The van der Waals surface area contributed by atoms with Crippen LogP contribution in [0.4, 0.5) is 11.4 Å². The molecule has 132 valence electrons. The van der Waals surface area contributed by atoms with Gasteiger partial charge in [0.05, 0.1) is 12.3 Å². The van der Waals surface area contributed by atoms with Crippen LogP contribution < -0.4 is 15.5 Å². The summed E-state index contributed by atoms with van der Waals surface area (Å²) in [4.78, 5) is 23.6. The second-order valence-corrected chi connectivity index (χ2v) is 7.47. The Morgan fingerprint density at radius 1 is 1.35 bits per heavy atom. The molecule has 0 amide bonds. The summed E-state index contributed by atoms with van der Waals surface area (Å²) in [6, 6.07) is 9.53. The van der Waals surface area contributed by atoms with E-state index in [0.717, 1.165) is 58.9 Å². The number of anilines is 1. The summed E-state index contributed by atoms with van der Waals surface area (Å²) in [5.74, 6) is 0. The molecule has 1 aliphatic rings. The predicted octanol–water partition coefficient (Wildman–Crippen LogP) is 2.98. The van der Waals surface area contributed by atoms with E-state index in [1.54, 1.807) is 16.8 Å². The van der Waals surface area contributed by atoms with Gasteiger partial charge in [0.2, 0.25) is 0 Å². The van der Waals surface area contributed by atoms with Crippen LogP contribution in [0.2, 0.25) is 0 Å². The molecule has 3 aromatic rings. The van der Waals surface area contributed by atoms with Gasteiger partial charge < -0.3 is 10.6 Å². The fourth-order valence-electron chi connectivity index (χ4n) is 3.53. The van der Waals surface area contributed by atoms with Crippen molar-refractivity contribution in [3.05, 3.63) is 63.2 Å². The van der Waals surface area contributed by atoms with E-state index in [2.05, 4.69) is 14.7 Å². The number of piperidine rings is 1. The molecule has 0 unspecified atom stereocenters. The van der Waals surface area contributed by atoms with Crippen LogP contribution >= 0.6 is 11.3 Å². The zero-order valence-corrected chi connectivity index (χ0v) is 15.1. The molecule has 2 N–H and O–H groups in total. The Bertz CT molecular complexity index is 1050. The number of nitrogens with two attached hydrogens (primary N) is 1. The number of hydrogen-bond acceptors (Lipinski definition) is 5. The first-order valence-electron chi connectivity index (χ1n) is 8.61. The fraction of sp³-hybridized carbons (Fsp3) is 0.316. The maximum atomic E-state index is 12.7. The summed E-state index contributed by atoms with van der Waals surface area (Å²) < 4.78 is 1.74. The number of nitrogens with zero attached hydrogens (tertiary/aromatic N) is 4. The first-order valence-corrected chi connectivity index (χ1v) is 9.43. The van der Waals surface area contributed by atoms with Crippen LogP contribution in [0.3, 0.4) is 0 Å². The third kappa shape index (κ3) is 2.98. The third-order valence-electron chi connectivity index (χ3n) is 4.78. The molecule has 1 atom stereocenters. The zero-order valence-electron chi connectivity index (χ0n) is 14.3. The summed E-state index contributed by atoms with van der Waals surface area (Å²) >= 11 is 1.15. The minimum atomic E-state index is -0.0546. The van der Waals surface area contributed by atoms with Crippen LogP contribution in [0.5, 0.6) is 0 Å². The first-order chi connectivity index (χ1) is 12.7. The van der Waals surface area contributed by atoms with Gasteiger partial charge in [-0.15, -0.1) is 0 Å². The van der Waals surface area contributed by atoms with Crippen LogP contribution in [0, 0.1) is 6.57 Å². The molecule has 0 saturated carbocycles. The van der Waals surface area contributed by atoms with E-state index in [1.165, 1.54) is 0 Å². The average Bonchev–Trinajstić information content (AvgIpc) is 2.97. The Balaban J connectivity index is 1.83. The topological polar surface area (TPSA) is 68.5 Å². The summed E-state index contributed by atoms with van der Waals surface area (Å²) in [5, 5.41) is 0. The lowest BCUT2D eigenvalue weighted by Crippen LogP contribution is -2.43. The second-order valence-electron chi connectivity index (χ2n) is 6.53. The molecule has 0 radical (unpaired) electrons. The van der Waals surface area contributed by atoms with E-state index in [-0.39, 0.29) is 10.9 Å². The molecule has 1 saturated heterocycles. The molecule has 1 aromatic carbocycles. The zero-order chi connectivity index (χ0) is 18.1. The molecular weight excluding hydrogens is 346 g/mol. The minimum Gasteiger partial charge on any atom is -0.368 e. The maximum absolute atomic E-state index is 12.7. The van der Waals surface area contributed by atoms with Crippen LogP contribution in [-0.2, 0) is 6.54 Å². The number of thiazole rings is 1. The number of hydrogen-bond donors (Lipinski definition) is 1. The highest BCUT2D eigenvalue weighted by Crippen LogP contribution is 2.30. The predicted molar refractivity (Wildman–Crippen MR) is 105 cm³/mol. The molecule has 4 rings (SSSR count). The summed E-state index contributed by atoms with van der Waals surface area (Å²) in [5.41, 5.74) is 9.42. The van der Waals surface area contributed by atoms with Gasteiger partial charge in [0.15, 0.2) is 5.69 Å². The molecule has 0 aliphatic carbocycles. The van der Waals surface area contributed by atoms with Crippen molar-refractivity contribution < 1.29 is 0 Å². The van der Waals surface area contributed by atoms with Gasteiger partial charge in [-0.3, -0.25) is 9.36 Å². The molecule has 2 aromatic heterocycles. The van der Waals surface area contributed by atoms with Gasteiger partial charge in [0, 0.05) is 31.9 Å². The van der Waals surface area contributed by atoms with E-state index < -0.39 is 0 Å². The van der Waals surface area contributed by atoms with Gasteiger partial charge in [-0.2, -0.15) is 0 Å². The van der Waals surface area contributed by atoms with E-state index in [9.17, 15) is 4.79 Å². The van der Waals surface area contributed by atoms with E-state index in [1.807, 2.05) is 24.3 Å². The van der Waals surface area contributed by atoms with Crippen molar-refractivity contribution >= 4 is 33.1 Å². The van der Waals surface area contributed by atoms with E-state index >= 15 is 0 Å². The Labute approximate surface area is 155 Å². The monoisotopic (exact) mass is 365 g/mol. The lowest BCUT2D eigenvalue weighted by Gasteiger charge is -2.33. The van der Waals surface area contributed by atoms with Gasteiger partial charge in [0.1, 0.15) is 10.3 Å². The van der Waals surface area contributed by atoms with Crippen LogP contribution in [0.1, 0.15) is 18.4 Å². The minimum absolute atomic E-state index is 0.0546. The molecule has 7 heteroatoms. The number of fused-ring (bicyclic) bond motifs is 1. The molecule has 0 spiro atoms. The maximum Gasteiger partial charge on any atom is 0.309 e. The first kappa shape index (κ1) is 16.8. The standard InChI is InChI=1S/C19H19N5OS/c1-21-15-7-3-2-5-13(15)11-24-17-16(23-10-4-6-14(20)12-23)8-9-22-18(17)26-19(24)25/h2-3,5,7-9,14H,4,6,10-12,20H2/t14-/m1/s1.